The minimum atomic E-state index is -0.682. The van der Waals surface area contributed by atoms with Gasteiger partial charge in [-0.05, 0) is 24.7 Å². The van der Waals surface area contributed by atoms with Gasteiger partial charge in [-0.1, -0.05) is 13.8 Å². The molecule has 3 nitrogen and oxygen atoms in total. The number of ether oxygens (including phenoxy) is 2. The van der Waals surface area contributed by atoms with Crippen molar-refractivity contribution in [2.75, 3.05) is 26.9 Å². The number of hydrogen-bond donors (Lipinski definition) is 1. The molecule has 0 aliphatic carbocycles. The fourth-order valence-electron chi connectivity index (χ4n) is 2.18. The van der Waals surface area contributed by atoms with Gasteiger partial charge in [0.1, 0.15) is 0 Å². The summed E-state index contributed by atoms with van der Waals surface area (Å²) >= 11 is 0. The Morgan fingerprint density at radius 2 is 2.00 bits per heavy atom. The molecule has 0 saturated carbocycles. The zero-order chi connectivity index (χ0) is 10.6. The van der Waals surface area contributed by atoms with E-state index in [1.165, 1.54) is 0 Å². The highest BCUT2D eigenvalue weighted by Crippen LogP contribution is 2.33. The van der Waals surface area contributed by atoms with Crippen LogP contribution in [0.2, 0.25) is 0 Å². The summed E-state index contributed by atoms with van der Waals surface area (Å²) in [5.74, 6) is 0.543. The van der Waals surface area contributed by atoms with Crippen molar-refractivity contribution in [2.24, 2.45) is 11.8 Å². The van der Waals surface area contributed by atoms with Gasteiger partial charge < -0.3 is 14.6 Å². The molecule has 84 valence electrons. The van der Waals surface area contributed by atoms with E-state index in [1.54, 1.807) is 7.11 Å². The third-order valence-electron chi connectivity index (χ3n) is 3.30. The van der Waals surface area contributed by atoms with E-state index in [0.29, 0.717) is 12.5 Å². The zero-order valence-corrected chi connectivity index (χ0v) is 9.45. The van der Waals surface area contributed by atoms with E-state index in [2.05, 4.69) is 13.8 Å². The van der Waals surface area contributed by atoms with Crippen LogP contribution in [0.1, 0.15) is 26.7 Å². The maximum absolute atomic E-state index is 10.5. The lowest BCUT2D eigenvalue weighted by Crippen LogP contribution is -2.49. The number of methoxy groups -OCH3 is 1. The average molecular weight is 202 g/mol. The van der Waals surface area contributed by atoms with E-state index in [4.69, 9.17) is 9.47 Å². The molecule has 0 bridgehead atoms. The van der Waals surface area contributed by atoms with Gasteiger partial charge in [-0.15, -0.1) is 0 Å². The van der Waals surface area contributed by atoms with Crippen molar-refractivity contribution in [2.45, 2.75) is 32.3 Å². The Balaban J connectivity index is 2.64. The third kappa shape index (κ3) is 2.47. The fourth-order valence-corrected chi connectivity index (χ4v) is 2.18. The van der Waals surface area contributed by atoms with Gasteiger partial charge in [-0.25, -0.2) is 0 Å². The van der Waals surface area contributed by atoms with E-state index >= 15 is 0 Å². The van der Waals surface area contributed by atoms with Crippen LogP contribution >= 0.6 is 0 Å². The predicted molar refractivity (Wildman–Crippen MR) is 55.2 cm³/mol. The van der Waals surface area contributed by atoms with Crippen LogP contribution in [0, 0.1) is 11.8 Å². The van der Waals surface area contributed by atoms with Gasteiger partial charge >= 0.3 is 0 Å². The molecule has 0 amide bonds. The second-order valence-electron chi connectivity index (χ2n) is 4.47. The Hall–Kier alpha value is -0.120. The highest BCUT2D eigenvalue weighted by atomic mass is 16.5. The first-order valence-corrected chi connectivity index (χ1v) is 5.40. The first-order chi connectivity index (χ1) is 6.61. The second kappa shape index (κ2) is 5.10. The van der Waals surface area contributed by atoms with Crippen molar-refractivity contribution in [3.05, 3.63) is 0 Å². The molecule has 1 unspecified atom stereocenters. The van der Waals surface area contributed by atoms with Crippen LogP contribution in [-0.4, -0.2) is 37.6 Å². The summed E-state index contributed by atoms with van der Waals surface area (Å²) in [5, 5.41) is 10.5. The quantitative estimate of drug-likeness (QED) is 0.750. The van der Waals surface area contributed by atoms with Crippen molar-refractivity contribution < 1.29 is 14.6 Å². The minimum Gasteiger partial charge on any atom is -0.387 e. The molecular formula is C11H22O3. The first kappa shape index (κ1) is 12.0. The van der Waals surface area contributed by atoms with Crippen molar-refractivity contribution in [1.29, 1.82) is 0 Å². The van der Waals surface area contributed by atoms with Gasteiger partial charge in [0.25, 0.3) is 0 Å². The molecule has 1 fully saturated rings. The molecule has 14 heavy (non-hydrogen) atoms. The van der Waals surface area contributed by atoms with Crippen molar-refractivity contribution in [1.82, 2.24) is 0 Å². The standard InChI is InChI=1S/C11H22O3/c1-9(2)11(12,8-13-3)10-4-6-14-7-5-10/h9-10,12H,4-8H2,1-3H3. The monoisotopic (exact) mass is 202 g/mol. The summed E-state index contributed by atoms with van der Waals surface area (Å²) in [6, 6.07) is 0. The van der Waals surface area contributed by atoms with E-state index in [-0.39, 0.29) is 5.92 Å². The van der Waals surface area contributed by atoms with Crippen LogP contribution < -0.4 is 0 Å². The van der Waals surface area contributed by atoms with Crippen LogP contribution in [0.3, 0.4) is 0 Å². The lowest BCUT2D eigenvalue weighted by Gasteiger charge is -2.40. The largest absolute Gasteiger partial charge is 0.387 e. The SMILES string of the molecule is COCC(O)(C(C)C)C1CCOCC1. The summed E-state index contributed by atoms with van der Waals surface area (Å²) in [7, 11) is 1.65. The summed E-state index contributed by atoms with van der Waals surface area (Å²) in [5.41, 5.74) is -0.682. The van der Waals surface area contributed by atoms with E-state index in [9.17, 15) is 5.11 Å². The average Bonchev–Trinajstić information content (AvgIpc) is 2.19. The maximum atomic E-state index is 10.5. The molecule has 1 aliphatic rings. The second-order valence-corrected chi connectivity index (χ2v) is 4.47. The lowest BCUT2D eigenvalue weighted by molar-refractivity contribution is -0.129. The molecule has 0 aromatic heterocycles. The summed E-state index contributed by atoms with van der Waals surface area (Å²) in [6.07, 6.45) is 1.88. The van der Waals surface area contributed by atoms with Crippen molar-refractivity contribution >= 4 is 0 Å². The Kier molecular flexibility index (Phi) is 4.35. The molecule has 3 heteroatoms. The van der Waals surface area contributed by atoms with Crippen LogP contribution in [0.15, 0.2) is 0 Å². The molecule has 1 heterocycles. The lowest BCUT2D eigenvalue weighted by atomic mass is 9.75. The van der Waals surface area contributed by atoms with Crippen LogP contribution in [0.25, 0.3) is 0 Å². The third-order valence-corrected chi connectivity index (χ3v) is 3.30. The highest BCUT2D eigenvalue weighted by molar-refractivity contribution is 4.90. The van der Waals surface area contributed by atoms with E-state index in [0.717, 1.165) is 26.1 Å². The van der Waals surface area contributed by atoms with Gasteiger partial charge in [0.2, 0.25) is 0 Å². The van der Waals surface area contributed by atoms with Crippen LogP contribution in [0.5, 0.6) is 0 Å². The zero-order valence-electron chi connectivity index (χ0n) is 9.45. The molecule has 0 aromatic rings. The Labute approximate surface area is 86.4 Å². The van der Waals surface area contributed by atoms with Crippen molar-refractivity contribution in [3.8, 4) is 0 Å². The Morgan fingerprint density at radius 1 is 1.43 bits per heavy atom. The molecule has 1 N–H and O–H groups in total. The Morgan fingerprint density at radius 3 is 2.43 bits per heavy atom. The normalized spacial score (nSPS) is 23.8. The molecule has 0 spiro atoms. The van der Waals surface area contributed by atoms with Gasteiger partial charge in [-0.2, -0.15) is 0 Å². The molecule has 1 aliphatic heterocycles. The first-order valence-electron chi connectivity index (χ1n) is 5.40. The molecule has 0 aromatic carbocycles. The van der Waals surface area contributed by atoms with E-state index < -0.39 is 5.60 Å². The van der Waals surface area contributed by atoms with Gasteiger partial charge in [0.15, 0.2) is 0 Å². The van der Waals surface area contributed by atoms with Gasteiger partial charge in [0.05, 0.1) is 12.2 Å². The summed E-state index contributed by atoms with van der Waals surface area (Å²) < 4.78 is 10.4. The number of aliphatic hydroxyl groups is 1. The predicted octanol–water partition coefficient (Wildman–Crippen LogP) is 1.45. The van der Waals surface area contributed by atoms with Crippen LogP contribution in [-0.2, 0) is 9.47 Å². The summed E-state index contributed by atoms with van der Waals surface area (Å²) in [4.78, 5) is 0. The molecule has 0 radical (unpaired) electrons. The maximum Gasteiger partial charge on any atom is 0.0932 e. The molecule has 1 rings (SSSR count). The van der Waals surface area contributed by atoms with E-state index in [1.807, 2.05) is 0 Å². The van der Waals surface area contributed by atoms with Gasteiger partial charge in [-0.3, -0.25) is 0 Å². The topological polar surface area (TPSA) is 38.7 Å². The smallest absolute Gasteiger partial charge is 0.0932 e. The number of hydrogen-bond acceptors (Lipinski definition) is 3. The highest BCUT2D eigenvalue weighted by Gasteiger charge is 2.40. The molecular weight excluding hydrogens is 180 g/mol. The van der Waals surface area contributed by atoms with Crippen LogP contribution in [0.4, 0.5) is 0 Å². The summed E-state index contributed by atoms with van der Waals surface area (Å²) in [6.45, 7) is 6.06. The minimum absolute atomic E-state index is 0.227. The fraction of sp³-hybridized carbons (Fsp3) is 1.00. The van der Waals surface area contributed by atoms with Gasteiger partial charge in [0, 0.05) is 20.3 Å². The number of rotatable bonds is 4. The molecule has 1 saturated heterocycles. The Bertz CT molecular complexity index is 164. The van der Waals surface area contributed by atoms with Crippen molar-refractivity contribution in [3.63, 3.8) is 0 Å². The molecule has 1 atom stereocenters.